The molecule has 2 aromatic carbocycles. The number of hydrogen-bond acceptors (Lipinski definition) is 5. The van der Waals surface area contributed by atoms with Gasteiger partial charge in [-0.25, -0.2) is 9.97 Å². The van der Waals surface area contributed by atoms with Crippen LogP contribution in [-0.2, 0) is 0 Å². The Morgan fingerprint density at radius 1 is 0.879 bits per heavy atom. The maximum atomic E-state index is 13.0. The monoisotopic (exact) mass is 456 g/mol. The Morgan fingerprint density at radius 2 is 1.52 bits per heavy atom. The van der Waals surface area contributed by atoms with Crippen LogP contribution in [0, 0.1) is 34.6 Å². The molecule has 0 spiro atoms. The third kappa shape index (κ3) is 5.12. The van der Waals surface area contributed by atoms with Crippen molar-refractivity contribution in [2.75, 3.05) is 10.6 Å². The van der Waals surface area contributed by atoms with E-state index in [1.54, 1.807) is 11.3 Å². The Kier molecular flexibility index (Phi) is 6.56. The number of benzene rings is 2. The van der Waals surface area contributed by atoms with Gasteiger partial charge in [-0.1, -0.05) is 48.0 Å². The van der Waals surface area contributed by atoms with E-state index in [-0.39, 0.29) is 11.9 Å². The van der Waals surface area contributed by atoms with Gasteiger partial charge in [-0.15, -0.1) is 11.3 Å². The lowest BCUT2D eigenvalue weighted by Gasteiger charge is -2.22. The molecule has 1 amide bonds. The summed E-state index contributed by atoms with van der Waals surface area (Å²) in [7, 11) is 0. The molecule has 0 saturated heterocycles. The fourth-order valence-electron chi connectivity index (χ4n) is 3.85. The normalized spacial score (nSPS) is 11.8. The molecule has 4 rings (SSSR count). The largest absolute Gasteiger partial charge is 0.343 e. The molecule has 0 aliphatic rings. The molecule has 168 valence electrons. The fourth-order valence-corrected chi connectivity index (χ4v) is 4.94. The zero-order chi connectivity index (χ0) is 23.5. The lowest BCUT2D eigenvalue weighted by Crippen LogP contribution is -2.19. The first kappa shape index (κ1) is 22.7. The van der Waals surface area contributed by atoms with Crippen molar-refractivity contribution in [1.82, 2.24) is 9.97 Å². The quantitative estimate of drug-likeness (QED) is 0.346. The summed E-state index contributed by atoms with van der Waals surface area (Å²) in [4.78, 5) is 23.4. The van der Waals surface area contributed by atoms with E-state index < -0.39 is 0 Å². The number of nitrogens with zero attached hydrogens (tertiary/aromatic N) is 2. The second-order valence-corrected chi connectivity index (χ2v) is 9.53. The van der Waals surface area contributed by atoms with E-state index in [2.05, 4.69) is 65.6 Å². The maximum Gasteiger partial charge on any atom is 0.256 e. The van der Waals surface area contributed by atoms with Gasteiger partial charge in [-0.2, -0.15) is 0 Å². The second kappa shape index (κ2) is 9.55. The lowest BCUT2D eigenvalue weighted by atomic mass is 9.95. The van der Waals surface area contributed by atoms with Crippen LogP contribution in [0.2, 0.25) is 0 Å². The number of nitrogens with one attached hydrogen (secondary N) is 2. The van der Waals surface area contributed by atoms with E-state index in [1.807, 2.05) is 50.2 Å². The Hall–Kier alpha value is -3.51. The van der Waals surface area contributed by atoms with Crippen LogP contribution in [0.3, 0.4) is 0 Å². The molecule has 0 aliphatic heterocycles. The van der Waals surface area contributed by atoms with Crippen LogP contribution >= 0.6 is 11.3 Å². The summed E-state index contributed by atoms with van der Waals surface area (Å²) in [5.74, 6) is 0.449. The molecule has 0 saturated carbocycles. The topological polar surface area (TPSA) is 66.9 Å². The minimum absolute atomic E-state index is 0.122. The molecule has 0 unspecified atom stereocenters. The van der Waals surface area contributed by atoms with E-state index in [1.165, 1.54) is 5.56 Å². The minimum Gasteiger partial charge on any atom is -0.343 e. The number of rotatable bonds is 6. The number of hydrogen-bond donors (Lipinski definition) is 2. The van der Waals surface area contributed by atoms with Crippen molar-refractivity contribution in [2.45, 2.75) is 40.7 Å². The summed E-state index contributed by atoms with van der Waals surface area (Å²) in [6.07, 6.45) is 0. The Balaban J connectivity index is 1.79. The fraction of sp³-hybridized carbons (Fsp3) is 0.222. The zero-order valence-electron chi connectivity index (χ0n) is 19.6. The highest BCUT2D eigenvalue weighted by Crippen LogP contribution is 2.41. The van der Waals surface area contributed by atoms with Crippen molar-refractivity contribution in [1.29, 1.82) is 0 Å². The summed E-state index contributed by atoms with van der Waals surface area (Å²) in [5, 5.41) is 7.55. The Morgan fingerprint density at radius 3 is 2.15 bits per heavy atom. The van der Waals surface area contributed by atoms with E-state index in [9.17, 15) is 4.79 Å². The molecule has 2 heterocycles. The number of thiophene rings is 1. The van der Waals surface area contributed by atoms with E-state index in [4.69, 9.17) is 0 Å². The van der Waals surface area contributed by atoms with Crippen LogP contribution in [-0.4, -0.2) is 15.9 Å². The first-order valence-corrected chi connectivity index (χ1v) is 11.7. The van der Waals surface area contributed by atoms with Crippen LogP contribution < -0.4 is 10.6 Å². The summed E-state index contributed by atoms with van der Waals surface area (Å²) in [6.45, 7) is 10.2. The van der Waals surface area contributed by atoms with Crippen molar-refractivity contribution in [3.05, 3.63) is 105 Å². The van der Waals surface area contributed by atoms with Crippen molar-refractivity contribution >= 4 is 28.2 Å². The van der Waals surface area contributed by atoms with Crippen molar-refractivity contribution in [3.8, 4) is 0 Å². The van der Waals surface area contributed by atoms with Crippen LogP contribution in [0.5, 0.6) is 0 Å². The molecular weight excluding hydrogens is 428 g/mol. The van der Waals surface area contributed by atoms with Crippen LogP contribution in [0.4, 0.5) is 10.9 Å². The first-order valence-electron chi connectivity index (χ1n) is 10.9. The standard InChI is InChI=1S/C27H28N4OS/c1-16-11-13-21(14-12-16)24(30-27-28-17(2)15-18(3)29-27)23-19(4)20(5)33-26(23)31-25(32)22-9-7-6-8-10-22/h6-15,24H,1-5H3,(H,31,32)(H,28,29,30)/t24-/m0/s1. The molecule has 4 aromatic rings. The van der Waals surface area contributed by atoms with E-state index in [0.29, 0.717) is 11.5 Å². The van der Waals surface area contributed by atoms with E-state index in [0.717, 1.165) is 38.0 Å². The van der Waals surface area contributed by atoms with Gasteiger partial charge in [0.05, 0.1) is 6.04 Å². The average molecular weight is 457 g/mol. The Bertz CT molecular complexity index is 1260. The second-order valence-electron chi connectivity index (χ2n) is 8.31. The van der Waals surface area contributed by atoms with Crippen LogP contribution in [0.1, 0.15) is 54.9 Å². The van der Waals surface area contributed by atoms with Gasteiger partial charge >= 0.3 is 0 Å². The average Bonchev–Trinajstić information content (AvgIpc) is 3.05. The lowest BCUT2D eigenvalue weighted by molar-refractivity contribution is 0.102. The van der Waals surface area contributed by atoms with Crippen LogP contribution in [0.25, 0.3) is 0 Å². The third-order valence-corrected chi connectivity index (χ3v) is 6.79. The highest BCUT2D eigenvalue weighted by molar-refractivity contribution is 7.16. The maximum absolute atomic E-state index is 13.0. The number of aryl methyl sites for hydroxylation is 4. The number of carbonyl (C=O) groups excluding carboxylic acids is 1. The molecule has 33 heavy (non-hydrogen) atoms. The molecule has 6 heteroatoms. The first-order chi connectivity index (χ1) is 15.8. The summed E-state index contributed by atoms with van der Waals surface area (Å²) < 4.78 is 0. The summed E-state index contributed by atoms with van der Waals surface area (Å²) >= 11 is 1.59. The molecule has 1 atom stereocenters. The molecule has 2 N–H and O–H groups in total. The van der Waals surface area contributed by atoms with Gasteiger partial charge in [-0.3, -0.25) is 4.79 Å². The molecule has 0 bridgehead atoms. The van der Waals surface area contributed by atoms with Gasteiger partial charge in [0.25, 0.3) is 5.91 Å². The van der Waals surface area contributed by atoms with Gasteiger partial charge < -0.3 is 10.6 Å². The van der Waals surface area contributed by atoms with Crippen LogP contribution in [0.15, 0.2) is 60.7 Å². The minimum atomic E-state index is -0.220. The van der Waals surface area contributed by atoms with Crippen molar-refractivity contribution in [2.24, 2.45) is 0 Å². The predicted octanol–water partition coefficient (Wildman–Crippen LogP) is 6.53. The third-order valence-electron chi connectivity index (χ3n) is 5.65. The Labute approximate surface area is 198 Å². The molecule has 0 fully saturated rings. The van der Waals surface area contributed by atoms with Gasteiger partial charge in [0, 0.05) is 27.4 Å². The van der Waals surface area contributed by atoms with Gasteiger partial charge in [0.1, 0.15) is 5.00 Å². The molecule has 0 aliphatic carbocycles. The summed E-state index contributed by atoms with van der Waals surface area (Å²) in [6, 6.07) is 19.5. The molecule has 2 aromatic heterocycles. The SMILES string of the molecule is Cc1ccc([C@H](Nc2nc(C)cc(C)n2)c2c(NC(=O)c3ccccc3)sc(C)c2C)cc1. The highest BCUT2D eigenvalue weighted by atomic mass is 32.1. The van der Waals surface area contributed by atoms with Gasteiger partial charge in [0.2, 0.25) is 5.95 Å². The number of amides is 1. The smallest absolute Gasteiger partial charge is 0.256 e. The number of anilines is 2. The summed E-state index contributed by atoms with van der Waals surface area (Å²) in [5.41, 5.74) is 6.89. The molecule has 0 radical (unpaired) electrons. The highest BCUT2D eigenvalue weighted by Gasteiger charge is 2.25. The zero-order valence-corrected chi connectivity index (χ0v) is 20.4. The van der Waals surface area contributed by atoms with Gasteiger partial charge in [-0.05, 0) is 63.9 Å². The van der Waals surface area contributed by atoms with E-state index >= 15 is 0 Å². The predicted molar refractivity (Wildman–Crippen MR) is 136 cm³/mol. The van der Waals surface area contributed by atoms with Crippen molar-refractivity contribution in [3.63, 3.8) is 0 Å². The molecular formula is C27H28N4OS. The number of aromatic nitrogens is 2. The van der Waals surface area contributed by atoms with Crippen molar-refractivity contribution < 1.29 is 4.79 Å². The number of carbonyl (C=O) groups is 1. The molecule has 5 nitrogen and oxygen atoms in total. The van der Waals surface area contributed by atoms with Gasteiger partial charge in [0.15, 0.2) is 0 Å².